The Morgan fingerprint density at radius 1 is 1.38 bits per heavy atom. The molecule has 74 valence electrons. The third-order valence-corrected chi connectivity index (χ3v) is 2.23. The predicted molar refractivity (Wildman–Crippen MR) is 50.8 cm³/mol. The van der Waals surface area contributed by atoms with Crippen molar-refractivity contribution in [3.63, 3.8) is 0 Å². The van der Waals surface area contributed by atoms with E-state index in [4.69, 9.17) is 0 Å². The van der Waals surface area contributed by atoms with Crippen molar-refractivity contribution in [1.29, 1.82) is 0 Å². The Morgan fingerprint density at radius 2 is 2.00 bits per heavy atom. The van der Waals surface area contributed by atoms with Crippen molar-refractivity contribution >= 4 is 0 Å². The van der Waals surface area contributed by atoms with Crippen molar-refractivity contribution in [3.05, 3.63) is 23.8 Å². The lowest BCUT2D eigenvalue weighted by molar-refractivity contribution is 0.130. The second kappa shape index (κ2) is 3.60. The van der Waals surface area contributed by atoms with E-state index in [1.54, 1.807) is 0 Å². The largest absolute Gasteiger partial charge is 0.239 e. The monoisotopic (exact) mass is 186 g/mol. The van der Waals surface area contributed by atoms with Gasteiger partial charge in [-0.1, -0.05) is 39.0 Å². The minimum atomic E-state index is -2.20. The molecule has 1 aliphatic rings. The van der Waals surface area contributed by atoms with Gasteiger partial charge in [-0.25, -0.2) is 8.78 Å². The van der Waals surface area contributed by atoms with Gasteiger partial charge >= 0.3 is 0 Å². The molecule has 0 saturated carbocycles. The van der Waals surface area contributed by atoms with Gasteiger partial charge in [0.05, 0.1) is 0 Å². The lowest BCUT2D eigenvalue weighted by Crippen LogP contribution is -2.06. The zero-order chi connectivity index (χ0) is 10.1. The highest BCUT2D eigenvalue weighted by molar-refractivity contribution is 5.33. The van der Waals surface area contributed by atoms with E-state index in [-0.39, 0.29) is 17.8 Å². The summed E-state index contributed by atoms with van der Waals surface area (Å²) in [5.74, 6) is -0.0609. The molecule has 0 amide bonds. The lowest BCUT2D eigenvalue weighted by atomic mass is 9.87. The van der Waals surface area contributed by atoms with E-state index < -0.39 is 6.43 Å². The molecular formula is C11H16F2. The number of halogens is 2. The Labute approximate surface area is 78.3 Å². The van der Waals surface area contributed by atoms with Crippen molar-refractivity contribution in [1.82, 2.24) is 0 Å². The molecule has 0 fully saturated rings. The maximum Gasteiger partial charge on any atom is 0.239 e. The maximum absolute atomic E-state index is 12.0. The summed E-state index contributed by atoms with van der Waals surface area (Å²) in [6.45, 7) is 6.27. The molecule has 0 bridgehead atoms. The van der Waals surface area contributed by atoms with Crippen molar-refractivity contribution in [2.24, 2.45) is 11.3 Å². The highest BCUT2D eigenvalue weighted by Gasteiger charge is 2.21. The first-order chi connectivity index (χ1) is 5.89. The molecule has 0 aromatic heterocycles. The minimum absolute atomic E-state index is 0.0456. The molecule has 2 heteroatoms. The zero-order valence-corrected chi connectivity index (χ0v) is 8.35. The third kappa shape index (κ3) is 2.94. The summed E-state index contributed by atoms with van der Waals surface area (Å²) in [6.07, 6.45) is 3.53. The topological polar surface area (TPSA) is 0 Å². The van der Waals surface area contributed by atoms with Gasteiger partial charge < -0.3 is 0 Å². The van der Waals surface area contributed by atoms with E-state index in [1.807, 2.05) is 18.2 Å². The van der Waals surface area contributed by atoms with Crippen LogP contribution in [0.1, 0.15) is 27.2 Å². The van der Waals surface area contributed by atoms with Crippen LogP contribution in [0.5, 0.6) is 0 Å². The van der Waals surface area contributed by atoms with Gasteiger partial charge in [0.15, 0.2) is 0 Å². The summed E-state index contributed by atoms with van der Waals surface area (Å²) in [5, 5.41) is 0. The quantitative estimate of drug-likeness (QED) is 0.615. The Kier molecular flexibility index (Phi) is 2.89. The molecule has 1 unspecified atom stereocenters. The molecule has 0 aromatic carbocycles. The van der Waals surface area contributed by atoms with E-state index in [2.05, 4.69) is 20.8 Å². The van der Waals surface area contributed by atoms with Gasteiger partial charge in [-0.05, 0) is 11.0 Å². The van der Waals surface area contributed by atoms with Crippen LogP contribution < -0.4 is 0 Å². The van der Waals surface area contributed by atoms with Crippen LogP contribution in [0.25, 0.3) is 0 Å². The molecule has 0 N–H and O–H groups in total. The fraction of sp³-hybridized carbons (Fsp3) is 0.636. The summed E-state index contributed by atoms with van der Waals surface area (Å²) in [6, 6.07) is 0. The number of hydrogen-bond donors (Lipinski definition) is 0. The molecule has 0 spiro atoms. The first kappa shape index (κ1) is 10.4. The van der Waals surface area contributed by atoms with Crippen LogP contribution in [0.4, 0.5) is 8.78 Å². The Bertz CT molecular complexity index is 231. The maximum atomic E-state index is 12.0. The van der Waals surface area contributed by atoms with Crippen LogP contribution in [-0.2, 0) is 0 Å². The molecule has 0 heterocycles. The minimum Gasteiger partial charge on any atom is -0.211 e. The molecule has 1 rings (SSSR count). The van der Waals surface area contributed by atoms with Crippen molar-refractivity contribution in [3.8, 4) is 0 Å². The summed E-state index contributed by atoms with van der Waals surface area (Å²) in [4.78, 5) is 0. The van der Waals surface area contributed by atoms with Crippen molar-refractivity contribution in [2.45, 2.75) is 33.6 Å². The van der Waals surface area contributed by atoms with Crippen LogP contribution in [-0.4, -0.2) is 6.43 Å². The normalized spacial score (nSPS) is 22.6. The van der Waals surface area contributed by atoms with E-state index in [0.717, 1.165) is 5.57 Å². The predicted octanol–water partition coefficient (Wildman–Crippen LogP) is 3.80. The van der Waals surface area contributed by atoms with Crippen LogP contribution in [0, 0.1) is 11.3 Å². The highest BCUT2D eigenvalue weighted by Crippen LogP contribution is 2.33. The van der Waals surface area contributed by atoms with Crippen LogP contribution >= 0.6 is 0 Å². The van der Waals surface area contributed by atoms with Gasteiger partial charge in [0, 0.05) is 12.3 Å². The average molecular weight is 186 g/mol. The molecular weight excluding hydrogens is 170 g/mol. The van der Waals surface area contributed by atoms with Gasteiger partial charge in [0.2, 0.25) is 6.43 Å². The Hall–Kier alpha value is -0.660. The van der Waals surface area contributed by atoms with Gasteiger partial charge in [0.1, 0.15) is 0 Å². The molecule has 1 aliphatic carbocycles. The second-order valence-corrected chi connectivity index (χ2v) is 4.52. The first-order valence-electron chi connectivity index (χ1n) is 4.58. The van der Waals surface area contributed by atoms with E-state index >= 15 is 0 Å². The van der Waals surface area contributed by atoms with Crippen LogP contribution in [0.3, 0.4) is 0 Å². The lowest BCUT2D eigenvalue weighted by Gasteiger charge is -2.18. The van der Waals surface area contributed by atoms with Crippen molar-refractivity contribution in [2.75, 3.05) is 0 Å². The molecule has 0 aromatic rings. The van der Waals surface area contributed by atoms with Crippen LogP contribution in [0.2, 0.25) is 0 Å². The van der Waals surface area contributed by atoms with Gasteiger partial charge in [0.25, 0.3) is 0 Å². The average Bonchev–Trinajstić information content (AvgIpc) is 2.32. The molecule has 0 aliphatic heterocycles. The van der Waals surface area contributed by atoms with Gasteiger partial charge in [-0.15, -0.1) is 0 Å². The Morgan fingerprint density at radius 3 is 2.38 bits per heavy atom. The SMILES string of the molecule is CC(C)(C)C1=CC(CC(F)F)C=C1. The smallest absolute Gasteiger partial charge is 0.211 e. The van der Waals surface area contributed by atoms with E-state index in [0.29, 0.717) is 0 Å². The summed E-state index contributed by atoms with van der Waals surface area (Å²) < 4.78 is 24.1. The van der Waals surface area contributed by atoms with E-state index in [9.17, 15) is 8.78 Å². The number of alkyl halides is 2. The van der Waals surface area contributed by atoms with Gasteiger partial charge in [-0.3, -0.25) is 0 Å². The number of allylic oxidation sites excluding steroid dienone is 4. The molecule has 1 atom stereocenters. The Balaban J connectivity index is 2.61. The fourth-order valence-electron chi connectivity index (χ4n) is 1.42. The van der Waals surface area contributed by atoms with Crippen molar-refractivity contribution < 1.29 is 8.78 Å². The highest BCUT2D eigenvalue weighted by atomic mass is 19.3. The third-order valence-electron chi connectivity index (χ3n) is 2.23. The van der Waals surface area contributed by atoms with E-state index in [1.165, 1.54) is 0 Å². The molecule has 0 saturated heterocycles. The molecule has 0 nitrogen and oxygen atoms in total. The number of hydrogen-bond acceptors (Lipinski definition) is 0. The summed E-state index contributed by atoms with van der Waals surface area (Å²) in [5.41, 5.74) is 1.24. The summed E-state index contributed by atoms with van der Waals surface area (Å²) in [7, 11) is 0. The first-order valence-corrected chi connectivity index (χ1v) is 4.58. The summed E-state index contributed by atoms with van der Waals surface area (Å²) >= 11 is 0. The standard InChI is InChI=1S/C11H16F2/c1-11(2,3)9-5-4-8(6-9)7-10(12)13/h4-6,8,10H,7H2,1-3H3. The molecule has 0 radical (unpaired) electrons. The van der Waals surface area contributed by atoms with Crippen LogP contribution in [0.15, 0.2) is 23.8 Å². The second-order valence-electron chi connectivity index (χ2n) is 4.52. The van der Waals surface area contributed by atoms with Gasteiger partial charge in [-0.2, -0.15) is 0 Å². The number of rotatable bonds is 2. The zero-order valence-electron chi connectivity index (χ0n) is 8.35. The fourth-order valence-corrected chi connectivity index (χ4v) is 1.42. The molecule has 13 heavy (non-hydrogen) atoms.